The van der Waals surface area contributed by atoms with Gasteiger partial charge in [0.25, 0.3) is 11.4 Å². The van der Waals surface area contributed by atoms with Gasteiger partial charge in [0.2, 0.25) is 0 Å². The van der Waals surface area contributed by atoms with Crippen LogP contribution in [0.5, 0.6) is 0 Å². The van der Waals surface area contributed by atoms with Gasteiger partial charge >= 0.3 is 0 Å². The first-order chi connectivity index (χ1) is 12.7. The number of hydrogen-bond donors (Lipinski definition) is 0. The van der Waals surface area contributed by atoms with Crippen molar-refractivity contribution >= 4 is 11.4 Å². The van der Waals surface area contributed by atoms with E-state index < -0.39 is 4.92 Å². The summed E-state index contributed by atoms with van der Waals surface area (Å²) in [7, 11) is 0. The highest BCUT2D eigenvalue weighted by Gasteiger charge is 2.31. The zero-order valence-electron chi connectivity index (χ0n) is 16.1. The number of hydrogen-bond acceptors (Lipinski definition) is 4. The molecule has 1 atom stereocenters. The van der Waals surface area contributed by atoms with Crippen molar-refractivity contribution in [2.24, 2.45) is 5.41 Å². The highest BCUT2D eigenvalue weighted by molar-refractivity contribution is 5.38. The average Bonchev–Trinajstić information content (AvgIpc) is 2.62. The van der Waals surface area contributed by atoms with E-state index in [1.165, 1.54) is 18.2 Å². The molecule has 0 aliphatic carbocycles. The predicted octanol–water partition coefficient (Wildman–Crippen LogP) is 6.05. The number of nitrogens with zero attached hydrogens (tertiary/aromatic N) is 2. The normalized spacial score (nSPS) is 12.6. The van der Waals surface area contributed by atoms with E-state index in [4.69, 9.17) is 0 Å². The van der Waals surface area contributed by atoms with Gasteiger partial charge in [0.15, 0.2) is 0 Å². The minimum absolute atomic E-state index is 0.0813. The first-order valence-electron chi connectivity index (χ1n) is 9.22. The fourth-order valence-corrected chi connectivity index (χ4v) is 3.66. The molecule has 0 saturated heterocycles. The number of rotatable bonds is 9. The first-order valence-corrected chi connectivity index (χ1v) is 9.22. The molecule has 0 fully saturated rings. The van der Waals surface area contributed by atoms with Crippen molar-refractivity contribution in [2.75, 3.05) is 0 Å². The molecular weight excluding hydrogens is 344 g/mol. The monoisotopic (exact) mass is 370 g/mol. The lowest BCUT2D eigenvalue weighted by Gasteiger charge is -2.35. The van der Waals surface area contributed by atoms with Crippen LogP contribution in [0.25, 0.3) is 0 Å². The number of nitro groups is 2. The summed E-state index contributed by atoms with van der Waals surface area (Å²) in [4.78, 5) is 21.3. The maximum Gasteiger partial charge on any atom is 0.269 e. The Kier molecular flexibility index (Phi) is 6.66. The lowest BCUT2D eigenvalue weighted by atomic mass is 9.69. The summed E-state index contributed by atoms with van der Waals surface area (Å²) in [5.41, 5.74) is 2.04. The first kappa shape index (κ1) is 20.6. The summed E-state index contributed by atoms with van der Waals surface area (Å²) >= 11 is 0. The highest BCUT2D eigenvalue weighted by atomic mass is 16.6. The molecule has 0 spiro atoms. The summed E-state index contributed by atoms with van der Waals surface area (Å²) in [5, 5.41) is 22.0. The molecule has 0 aliphatic rings. The molecule has 1 unspecified atom stereocenters. The molecule has 0 aromatic heterocycles. The van der Waals surface area contributed by atoms with Crippen LogP contribution in [-0.4, -0.2) is 9.85 Å². The van der Waals surface area contributed by atoms with E-state index in [1.54, 1.807) is 24.3 Å². The van der Waals surface area contributed by atoms with Crippen molar-refractivity contribution in [1.82, 2.24) is 0 Å². The summed E-state index contributed by atoms with van der Waals surface area (Å²) in [5.74, 6) is 0.160. The van der Waals surface area contributed by atoms with Crippen LogP contribution in [0.3, 0.4) is 0 Å². The lowest BCUT2D eigenvalue weighted by molar-refractivity contribution is -0.385. The maximum absolute atomic E-state index is 11.2. The van der Waals surface area contributed by atoms with Crippen molar-refractivity contribution in [2.45, 2.75) is 52.4 Å². The van der Waals surface area contributed by atoms with E-state index in [-0.39, 0.29) is 27.6 Å². The number of benzene rings is 2. The van der Waals surface area contributed by atoms with Crippen LogP contribution in [0, 0.1) is 25.6 Å². The molecule has 0 saturated carbocycles. The van der Waals surface area contributed by atoms with E-state index in [1.807, 2.05) is 6.07 Å². The van der Waals surface area contributed by atoms with Crippen molar-refractivity contribution in [1.29, 1.82) is 0 Å². The second-order valence-electron chi connectivity index (χ2n) is 7.64. The van der Waals surface area contributed by atoms with Crippen molar-refractivity contribution in [3.05, 3.63) is 79.9 Å². The molecule has 2 aromatic carbocycles. The van der Waals surface area contributed by atoms with Gasteiger partial charge in [0.05, 0.1) is 9.85 Å². The molecule has 6 nitrogen and oxygen atoms in total. The molecule has 0 bridgehead atoms. The quantitative estimate of drug-likeness (QED) is 0.397. The molecule has 6 heteroatoms. The number of nitro benzene ring substituents is 2. The molecule has 2 rings (SSSR count). The topological polar surface area (TPSA) is 86.3 Å². The third kappa shape index (κ3) is 5.36. The molecular formula is C21H26N2O4. The molecule has 2 aromatic rings. The second-order valence-corrected chi connectivity index (χ2v) is 7.64. The second kappa shape index (κ2) is 8.75. The van der Waals surface area contributed by atoms with Gasteiger partial charge in [-0.1, -0.05) is 57.9 Å². The molecule has 0 N–H and O–H groups in total. The van der Waals surface area contributed by atoms with Gasteiger partial charge in [-0.2, -0.15) is 0 Å². The van der Waals surface area contributed by atoms with Crippen LogP contribution >= 0.6 is 0 Å². The zero-order valence-corrected chi connectivity index (χ0v) is 16.1. The van der Waals surface area contributed by atoms with Gasteiger partial charge < -0.3 is 0 Å². The van der Waals surface area contributed by atoms with Gasteiger partial charge in [0, 0.05) is 24.3 Å². The predicted molar refractivity (Wildman–Crippen MR) is 106 cm³/mol. The molecule has 0 radical (unpaired) electrons. The Morgan fingerprint density at radius 1 is 0.963 bits per heavy atom. The highest BCUT2D eigenvalue weighted by Crippen LogP contribution is 2.42. The van der Waals surface area contributed by atoms with Crippen LogP contribution in [0.15, 0.2) is 48.5 Å². The van der Waals surface area contributed by atoms with E-state index in [2.05, 4.69) is 20.8 Å². The van der Waals surface area contributed by atoms with E-state index >= 15 is 0 Å². The minimum atomic E-state index is -0.401. The largest absolute Gasteiger partial charge is 0.269 e. The van der Waals surface area contributed by atoms with E-state index in [0.717, 1.165) is 36.8 Å². The maximum atomic E-state index is 11.2. The Balaban J connectivity index is 2.31. The molecule has 0 aliphatic heterocycles. The third-order valence-corrected chi connectivity index (χ3v) is 5.08. The Morgan fingerprint density at radius 2 is 1.59 bits per heavy atom. The summed E-state index contributed by atoms with van der Waals surface area (Å²) in [6.07, 6.45) is 3.77. The number of non-ortho nitro benzene ring substituents is 2. The minimum Gasteiger partial charge on any atom is -0.258 e. The lowest BCUT2D eigenvalue weighted by Crippen LogP contribution is -2.25. The standard InChI is InChI=1S/C21H26N2O4/c1-4-5-9-20(17-7-6-8-19(14-17)23(26)27)21(2,3)15-16-10-12-18(13-11-16)22(24)25/h6-8,10-14,20H,4-5,9,15H2,1-3H3. The number of unbranched alkanes of at least 4 members (excludes halogenated alkanes) is 1. The summed E-state index contributed by atoms with van der Waals surface area (Å²) in [6.45, 7) is 6.45. The van der Waals surface area contributed by atoms with Gasteiger partial charge in [-0.05, 0) is 35.3 Å². The van der Waals surface area contributed by atoms with Crippen molar-refractivity contribution in [3.63, 3.8) is 0 Å². The smallest absolute Gasteiger partial charge is 0.258 e. The van der Waals surface area contributed by atoms with E-state index in [0.29, 0.717) is 0 Å². The van der Waals surface area contributed by atoms with Crippen LogP contribution in [0.4, 0.5) is 11.4 Å². The van der Waals surface area contributed by atoms with Gasteiger partial charge in [-0.3, -0.25) is 20.2 Å². The third-order valence-electron chi connectivity index (χ3n) is 5.08. The van der Waals surface area contributed by atoms with Gasteiger partial charge in [-0.15, -0.1) is 0 Å². The Hall–Kier alpha value is -2.76. The average molecular weight is 370 g/mol. The van der Waals surface area contributed by atoms with E-state index in [9.17, 15) is 20.2 Å². The van der Waals surface area contributed by atoms with Gasteiger partial charge in [0.1, 0.15) is 0 Å². The SMILES string of the molecule is CCCCC(c1cccc([N+](=O)[O-])c1)C(C)(C)Cc1ccc([N+](=O)[O-])cc1. The molecule has 0 amide bonds. The van der Waals surface area contributed by atoms with Crippen LogP contribution in [0.1, 0.15) is 57.1 Å². The summed E-state index contributed by atoms with van der Waals surface area (Å²) < 4.78 is 0. The molecule has 0 heterocycles. The molecule has 27 heavy (non-hydrogen) atoms. The Bertz CT molecular complexity index is 800. The van der Waals surface area contributed by atoms with Crippen molar-refractivity contribution in [3.8, 4) is 0 Å². The fraction of sp³-hybridized carbons (Fsp3) is 0.429. The van der Waals surface area contributed by atoms with Gasteiger partial charge in [-0.25, -0.2) is 0 Å². The summed E-state index contributed by atoms with van der Waals surface area (Å²) in [6, 6.07) is 13.6. The van der Waals surface area contributed by atoms with Crippen LogP contribution < -0.4 is 0 Å². The van der Waals surface area contributed by atoms with Crippen molar-refractivity contribution < 1.29 is 9.85 Å². The Labute approximate surface area is 159 Å². The van der Waals surface area contributed by atoms with Crippen LogP contribution in [0.2, 0.25) is 0 Å². The Morgan fingerprint density at radius 3 is 2.15 bits per heavy atom. The molecule has 144 valence electrons. The zero-order chi connectivity index (χ0) is 20.0. The fourth-order valence-electron chi connectivity index (χ4n) is 3.66. The van der Waals surface area contributed by atoms with Crippen LogP contribution in [-0.2, 0) is 6.42 Å².